The van der Waals surface area contributed by atoms with Crippen LogP contribution in [0.2, 0.25) is 0 Å². The van der Waals surface area contributed by atoms with E-state index in [1.807, 2.05) is 11.8 Å². The normalized spacial score (nSPS) is 25.8. The zero-order valence-corrected chi connectivity index (χ0v) is 10.8. The molecule has 0 radical (unpaired) electrons. The van der Waals surface area contributed by atoms with Gasteiger partial charge in [0.2, 0.25) is 5.91 Å². The summed E-state index contributed by atoms with van der Waals surface area (Å²) < 4.78 is 0. The number of likely N-dealkylation sites (N-methyl/N-ethyl adjacent to an activating group) is 2. The minimum absolute atomic E-state index is 0.0845. The van der Waals surface area contributed by atoms with Crippen LogP contribution in [0.25, 0.3) is 0 Å². The minimum Gasteiger partial charge on any atom is -0.337 e. The van der Waals surface area contributed by atoms with Gasteiger partial charge in [-0.05, 0) is 33.9 Å². The fraction of sp³-hybridized carbons (Fsp3) is 0.917. The van der Waals surface area contributed by atoms with Gasteiger partial charge in [-0.2, -0.15) is 0 Å². The summed E-state index contributed by atoms with van der Waals surface area (Å²) in [5, 5.41) is 0. The lowest BCUT2D eigenvalue weighted by atomic mass is 9.88. The predicted molar refractivity (Wildman–Crippen MR) is 66.2 cm³/mol. The second kappa shape index (κ2) is 6.21. The highest BCUT2D eigenvalue weighted by atomic mass is 16.2. The molecule has 1 saturated carbocycles. The standard InChI is InChI=1S/C12H25N3O/c1-4-15(12(16)9-13)11-8-6-5-7-10(11)14(2)3/h10-11H,4-9,13H2,1-3H3/t10-,11-/m1/s1. The van der Waals surface area contributed by atoms with Gasteiger partial charge in [0, 0.05) is 18.6 Å². The Morgan fingerprint density at radius 2 is 1.81 bits per heavy atom. The smallest absolute Gasteiger partial charge is 0.236 e. The van der Waals surface area contributed by atoms with Crippen LogP contribution in [-0.2, 0) is 4.79 Å². The van der Waals surface area contributed by atoms with Crippen molar-refractivity contribution in [3.05, 3.63) is 0 Å². The molecule has 2 N–H and O–H groups in total. The molecule has 1 aliphatic carbocycles. The van der Waals surface area contributed by atoms with Gasteiger partial charge < -0.3 is 15.5 Å². The number of nitrogens with two attached hydrogens (primary N) is 1. The van der Waals surface area contributed by atoms with E-state index in [0.717, 1.165) is 13.0 Å². The average molecular weight is 227 g/mol. The molecule has 0 saturated heterocycles. The molecular formula is C12H25N3O. The third-order valence-electron chi connectivity index (χ3n) is 3.59. The second-order valence-corrected chi connectivity index (χ2v) is 4.77. The Morgan fingerprint density at radius 1 is 1.25 bits per heavy atom. The van der Waals surface area contributed by atoms with Crippen LogP contribution in [0.15, 0.2) is 0 Å². The number of rotatable bonds is 4. The third kappa shape index (κ3) is 2.95. The molecule has 1 fully saturated rings. The van der Waals surface area contributed by atoms with E-state index in [2.05, 4.69) is 19.0 Å². The van der Waals surface area contributed by atoms with Crippen molar-refractivity contribution in [2.45, 2.75) is 44.7 Å². The molecule has 0 spiro atoms. The molecule has 0 unspecified atom stereocenters. The van der Waals surface area contributed by atoms with Crippen molar-refractivity contribution in [3.8, 4) is 0 Å². The molecule has 0 heterocycles. The van der Waals surface area contributed by atoms with Crippen LogP contribution in [0.3, 0.4) is 0 Å². The predicted octanol–water partition coefficient (Wildman–Crippen LogP) is 0.666. The first-order valence-electron chi connectivity index (χ1n) is 6.27. The summed E-state index contributed by atoms with van der Waals surface area (Å²) in [6.07, 6.45) is 4.80. The van der Waals surface area contributed by atoms with Crippen molar-refractivity contribution in [1.29, 1.82) is 0 Å². The molecule has 1 aliphatic rings. The number of hydrogen-bond donors (Lipinski definition) is 1. The molecule has 0 aromatic heterocycles. The van der Waals surface area contributed by atoms with Crippen LogP contribution in [0.4, 0.5) is 0 Å². The van der Waals surface area contributed by atoms with Crippen molar-refractivity contribution in [2.24, 2.45) is 5.73 Å². The Balaban J connectivity index is 2.75. The van der Waals surface area contributed by atoms with Crippen molar-refractivity contribution >= 4 is 5.91 Å². The molecule has 4 heteroatoms. The Hall–Kier alpha value is -0.610. The first-order valence-corrected chi connectivity index (χ1v) is 6.27. The lowest BCUT2D eigenvalue weighted by Gasteiger charge is -2.42. The first kappa shape index (κ1) is 13.5. The molecule has 0 aromatic rings. The zero-order valence-electron chi connectivity index (χ0n) is 10.8. The van der Waals surface area contributed by atoms with Gasteiger partial charge in [0.25, 0.3) is 0 Å². The summed E-state index contributed by atoms with van der Waals surface area (Å²) in [5.41, 5.74) is 5.47. The van der Waals surface area contributed by atoms with Gasteiger partial charge in [0.05, 0.1) is 6.54 Å². The van der Waals surface area contributed by atoms with E-state index in [9.17, 15) is 4.79 Å². The zero-order chi connectivity index (χ0) is 12.1. The van der Waals surface area contributed by atoms with Crippen LogP contribution < -0.4 is 5.73 Å². The third-order valence-corrected chi connectivity index (χ3v) is 3.59. The highest BCUT2D eigenvalue weighted by Crippen LogP contribution is 2.25. The van der Waals surface area contributed by atoms with Crippen molar-refractivity contribution < 1.29 is 4.79 Å². The fourth-order valence-corrected chi connectivity index (χ4v) is 2.77. The maximum absolute atomic E-state index is 11.8. The Morgan fingerprint density at radius 3 is 2.25 bits per heavy atom. The maximum Gasteiger partial charge on any atom is 0.236 e. The monoisotopic (exact) mass is 227 g/mol. The molecule has 0 aromatic carbocycles. The molecule has 1 rings (SSSR count). The SMILES string of the molecule is CCN(C(=O)CN)[C@@H]1CCCC[C@H]1N(C)C. The summed E-state index contributed by atoms with van der Waals surface area (Å²) in [6, 6.07) is 0.842. The number of hydrogen-bond acceptors (Lipinski definition) is 3. The van der Waals surface area contributed by atoms with Gasteiger partial charge in [-0.15, -0.1) is 0 Å². The molecule has 4 nitrogen and oxygen atoms in total. The van der Waals surface area contributed by atoms with E-state index in [1.54, 1.807) is 0 Å². The van der Waals surface area contributed by atoms with Gasteiger partial charge in [-0.25, -0.2) is 0 Å². The Labute approximate surface area is 98.8 Å². The number of carbonyl (C=O) groups excluding carboxylic acids is 1. The van der Waals surface area contributed by atoms with E-state index < -0.39 is 0 Å². The summed E-state index contributed by atoms with van der Waals surface area (Å²) in [4.78, 5) is 16.0. The van der Waals surface area contributed by atoms with Crippen LogP contribution in [0.5, 0.6) is 0 Å². The van der Waals surface area contributed by atoms with Crippen LogP contribution in [-0.4, -0.2) is 55.0 Å². The molecular weight excluding hydrogens is 202 g/mol. The number of carbonyl (C=O) groups is 1. The molecule has 2 atom stereocenters. The largest absolute Gasteiger partial charge is 0.337 e. The Kier molecular flexibility index (Phi) is 5.22. The number of nitrogens with zero attached hydrogens (tertiary/aromatic N) is 2. The minimum atomic E-state index is 0.0845. The van der Waals surface area contributed by atoms with Crippen LogP contribution >= 0.6 is 0 Å². The molecule has 0 aliphatic heterocycles. The summed E-state index contributed by atoms with van der Waals surface area (Å²) in [7, 11) is 4.20. The maximum atomic E-state index is 11.8. The number of amides is 1. The van der Waals surface area contributed by atoms with Gasteiger partial charge >= 0.3 is 0 Å². The fourth-order valence-electron chi connectivity index (χ4n) is 2.77. The van der Waals surface area contributed by atoms with E-state index in [-0.39, 0.29) is 12.5 Å². The lowest BCUT2D eigenvalue weighted by Crippen LogP contribution is -2.54. The molecule has 16 heavy (non-hydrogen) atoms. The average Bonchev–Trinajstić information content (AvgIpc) is 2.30. The summed E-state index contributed by atoms with van der Waals surface area (Å²) in [6.45, 7) is 2.93. The highest BCUT2D eigenvalue weighted by Gasteiger charge is 2.32. The highest BCUT2D eigenvalue weighted by molar-refractivity contribution is 5.78. The first-order chi connectivity index (χ1) is 7.61. The lowest BCUT2D eigenvalue weighted by molar-refractivity contribution is -0.133. The van der Waals surface area contributed by atoms with Crippen LogP contribution in [0.1, 0.15) is 32.6 Å². The molecule has 1 amide bonds. The molecule has 94 valence electrons. The van der Waals surface area contributed by atoms with E-state index in [0.29, 0.717) is 12.1 Å². The summed E-state index contributed by atoms with van der Waals surface area (Å²) in [5.74, 6) is 0.0845. The van der Waals surface area contributed by atoms with Gasteiger partial charge in [0.15, 0.2) is 0 Å². The van der Waals surface area contributed by atoms with E-state index in [4.69, 9.17) is 5.73 Å². The van der Waals surface area contributed by atoms with Crippen molar-refractivity contribution in [3.63, 3.8) is 0 Å². The van der Waals surface area contributed by atoms with E-state index >= 15 is 0 Å². The van der Waals surface area contributed by atoms with Crippen LogP contribution in [0, 0.1) is 0 Å². The van der Waals surface area contributed by atoms with Crippen molar-refractivity contribution in [1.82, 2.24) is 9.80 Å². The Bertz CT molecular complexity index is 230. The van der Waals surface area contributed by atoms with Gasteiger partial charge in [-0.3, -0.25) is 4.79 Å². The second-order valence-electron chi connectivity index (χ2n) is 4.77. The topological polar surface area (TPSA) is 49.6 Å². The van der Waals surface area contributed by atoms with Gasteiger partial charge in [0.1, 0.15) is 0 Å². The quantitative estimate of drug-likeness (QED) is 0.768. The van der Waals surface area contributed by atoms with Crippen molar-refractivity contribution in [2.75, 3.05) is 27.2 Å². The van der Waals surface area contributed by atoms with E-state index in [1.165, 1.54) is 19.3 Å². The summed E-state index contributed by atoms with van der Waals surface area (Å²) >= 11 is 0. The molecule has 0 bridgehead atoms. The van der Waals surface area contributed by atoms with Gasteiger partial charge in [-0.1, -0.05) is 12.8 Å².